The van der Waals surface area contributed by atoms with Crippen LogP contribution >= 0.6 is 0 Å². The van der Waals surface area contributed by atoms with Crippen LogP contribution < -0.4 is 0 Å². The molecule has 0 unspecified atom stereocenters. The molecule has 0 aromatic carbocycles. The second-order valence-electron chi connectivity index (χ2n) is 6.65. The number of carboxylic acids is 1. The molecular weight excluding hydrogens is 332 g/mol. The maximum atomic E-state index is 11.4. The number of carboxylic acid groups (broad SMARTS) is 1. The molecule has 10 nitrogen and oxygen atoms in total. The number of hydrogen-bond donors (Lipinski definition) is 2. The van der Waals surface area contributed by atoms with E-state index in [2.05, 4.69) is 9.98 Å². The van der Waals surface area contributed by atoms with Crippen molar-refractivity contribution >= 4 is 18.1 Å². The Kier molecular flexibility index (Phi) is 4.54. The van der Waals surface area contributed by atoms with Crippen LogP contribution in [0.1, 0.15) is 30.6 Å². The second kappa shape index (κ2) is 6.37. The summed E-state index contributed by atoms with van der Waals surface area (Å²) < 4.78 is 19.1. The van der Waals surface area contributed by atoms with E-state index < -0.39 is 36.3 Å². The van der Waals surface area contributed by atoms with Crippen molar-refractivity contribution in [3.63, 3.8) is 0 Å². The summed E-state index contributed by atoms with van der Waals surface area (Å²) in [5.41, 5.74) is -0.191. The number of nitrogens with zero attached hydrogens (tertiary/aromatic N) is 4. The largest absolute Gasteiger partial charge is 0.476 e. The first-order chi connectivity index (χ1) is 11.7. The summed E-state index contributed by atoms with van der Waals surface area (Å²) in [5, 5.41) is 18.9. The quantitative estimate of drug-likeness (QED) is 0.569. The van der Waals surface area contributed by atoms with E-state index in [1.165, 1.54) is 17.2 Å². The van der Waals surface area contributed by atoms with Crippen molar-refractivity contribution in [3.05, 3.63) is 12.0 Å². The first kappa shape index (κ1) is 17.8. The molecule has 0 saturated carbocycles. The van der Waals surface area contributed by atoms with E-state index in [4.69, 9.17) is 14.2 Å². The van der Waals surface area contributed by atoms with Gasteiger partial charge in [-0.2, -0.15) is 0 Å². The highest BCUT2D eigenvalue weighted by Gasteiger charge is 2.56. The summed E-state index contributed by atoms with van der Waals surface area (Å²) in [6.45, 7) is 3.31. The predicted molar refractivity (Wildman–Crippen MR) is 85.8 cm³/mol. The standard InChI is InChI=1S/C15H22N4O6/c1-15(2)24-10-8(5-20)23-13(11(10)25-15)19-7-16-9(14(21)22)12(19)17-6-18(3)4/h6-8,10-11,13,20H,5H2,1-4H3,(H,21,22)/t8-,10-,11-,13-/m1/s1. The van der Waals surface area contributed by atoms with Crippen molar-refractivity contribution in [2.45, 2.75) is 44.2 Å². The summed E-state index contributed by atoms with van der Waals surface area (Å²) in [5.74, 6) is -1.88. The fourth-order valence-corrected chi connectivity index (χ4v) is 3.02. The van der Waals surface area contributed by atoms with Crippen molar-refractivity contribution in [1.82, 2.24) is 14.5 Å². The molecule has 2 aliphatic heterocycles. The van der Waals surface area contributed by atoms with E-state index in [0.717, 1.165) is 0 Å². The SMILES string of the molecule is CN(C)C=Nc1c(C(=O)O)ncn1[C@@H]1O[C@H](CO)[C@H]2OC(C)(C)O[C@H]21. The molecule has 2 fully saturated rings. The van der Waals surface area contributed by atoms with Crippen molar-refractivity contribution in [2.24, 2.45) is 4.99 Å². The number of ether oxygens (including phenoxy) is 3. The zero-order chi connectivity index (χ0) is 18.4. The third-order valence-electron chi connectivity index (χ3n) is 3.96. The molecule has 2 saturated heterocycles. The molecular formula is C15H22N4O6. The fourth-order valence-electron chi connectivity index (χ4n) is 3.02. The lowest BCUT2D eigenvalue weighted by Gasteiger charge is -2.24. The van der Waals surface area contributed by atoms with Gasteiger partial charge in [-0.05, 0) is 13.8 Å². The van der Waals surface area contributed by atoms with Crippen molar-refractivity contribution in [2.75, 3.05) is 20.7 Å². The van der Waals surface area contributed by atoms with Crippen LogP contribution in [-0.4, -0.2) is 81.8 Å². The summed E-state index contributed by atoms with van der Waals surface area (Å²) in [4.78, 5) is 21.3. The molecule has 2 N–H and O–H groups in total. The Bertz CT molecular complexity index is 686. The minimum Gasteiger partial charge on any atom is -0.476 e. The Morgan fingerprint density at radius 3 is 2.72 bits per heavy atom. The van der Waals surface area contributed by atoms with Crippen LogP contribution in [0.3, 0.4) is 0 Å². The summed E-state index contributed by atoms with van der Waals surface area (Å²) in [6.07, 6.45) is 0.549. The van der Waals surface area contributed by atoms with E-state index in [-0.39, 0.29) is 18.1 Å². The van der Waals surface area contributed by atoms with E-state index in [1.54, 1.807) is 32.8 Å². The van der Waals surface area contributed by atoms with Gasteiger partial charge in [-0.15, -0.1) is 0 Å². The van der Waals surface area contributed by atoms with E-state index in [9.17, 15) is 15.0 Å². The molecule has 1 aromatic heterocycles. The molecule has 0 radical (unpaired) electrons. The number of aliphatic hydroxyl groups excluding tert-OH is 1. The number of carbonyl (C=O) groups is 1. The molecule has 3 rings (SSSR count). The third kappa shape index (κ3) is 3.25. The van der Waals surface area contributed by atoms with Gasteiger partial charge in [0, 0.05) is 14.1 Å². The van der Waals surface area contributed by atoms with Gasteiger partial charge < -0.3 is 29.3 Å². The lowest BCUT2D eigenvalue weighted by molar-refractivity contribution is -0.199. The normalized spacial score (nSPS) is 30.8. The molecule has 3 heterocycles. The van der Waals surface area contributed by atoms with E-state index >= 15 is 0 Å². The van der Waals surface area contributed by atoms with Crippen LogP contribution in [0.5, 0.6) is 0 Å². The number of rotatable bonds is 5. The molecule has 0 aliphatic carbocycles. The van der Waals surface area contributed by atoms with Crippen molar-refractivity contribution < 1.29 is 29.2 Å². The molecule has 0 amide bonds. The Labute approximate surface area is 144 Å². The highest BCUT2D eigenvalue weighted by atomic mass is 16.8. The first-order valence-corrected chi connectivity index (χ1v) is 7.86. The second-order valence-corrected chi connectivity index (χ2v) is 6.65. The molecule has 4 atom stereocenters. The van der Waals surface area contributed by atoms with Crippen LogP contribution in [0.4, 0.5) is 5.82 Å². The topological polar surface area (TPSA) is 119 Å². The lowest BCUT2D eigenvalue weighted by atomic mass is 10.1. The summed E-state index contributed by atoms with van der Waals surface area (Å²) in [7, 11) is 3.54. The van der Waals surface area contributed by atoms with Gasteiger partial charge in [0.15, 0.2) is 23.5 Å². The van der Waals surface area contributed by atoms with Crippen molar-refractivity contribution in [3.8, 4) is 0 Å². The number of aromatic nitrogens is 2. The maximum Gasteiger partial charge on any atom is 0.358 e. The lowest BCUT2D eigenvalue weighted by Crippen LogP contribution is -2.31. The number of fused-ring (bicyclic) bond motifs is 1. The number of imidazole rings is 1. The zero-order valence-electron chi connectivity index (χ0n) is 14.5. The summed E-state index contributed by atoms with van der Waals surface area (Å²) >= 11 is 0. The smallest absolute Gasteiger partial charge is 0.358 e. The molecule has 0 spiro atoms. The van der Waals surface area contributed by atoms with Gasteiger partial charge >= 0.3 is 5.97 Å². The predicted octanol–water partition coefficient (Wildman–Crippen LogP) is 0.213. The van der Waals surface area contributed by atoms with Crippen LogP contribution in [0.25, 0.3) is 0 Å². The first-order valence-electron chi connectivity index (χ1n) is 7.86. The van der Waals surface area contributed by atoms with Crippen LogP contribution in [0.2, 0.25) is 0 Å². The average molecular weight is 354 g/mol. The van der Waals surface area contributed by atoms with Crippen LogP contribution in [0, 0.1) is 0 Å². The molecule has 1 aromatic rings. The average Bonchev–Trinajstić information content (AvgIpc) is 3.15. The Morgan fingerprint density at radius 1 is 1.44 bits per heavy atom. The summed E-state index contributed by atoms with van der Waals surface area (Å²) in [6, 6.07) is 0. The van der Waals surface area contributed by atoms with E-state index in [0.29, 0.717) is 0 Å². The molecule has 2 aliphatic rings. The zero-order valence-corrected chi connectivity index (χ0v) is 14.5. The number of aliphatic imine (C=N–C) groups is 1. The number of aromatic carboxylic acids is 1. The van der Waals surface area contributed by atoms with E-state index in [1.807, 2.05) is 0 Å². The van der Waals surface area contributed by atoms with Gasteiger partial charge in [0.2, 0.25) is 0 Å². The molecule has 138 valence electrons. The number of hydrogen-bond acceptors (Lipinski definition) is 7. The molecule has 10 heteroatoms. The van der Waals surface area contributed by atoms with Gasteiger partial charge in [0.05, 0.1) is 19.3 Å². The Balaban J connectivity index is 2.00. The van der Waals surface area contributed by atoms with Gasteiger partial charge in [0.1, 0.15) is 18.3 Å². The maximum absolute atomic E-state index is 11.4. The van der Waals surface area contributed by atoms with Gasteiger partial charge in [-0.1, -0.05) is 0 Å². The minimum absolute atomic E-state index is 0.136. The third-order valence-corrected chi connectivity index (χ3v) is 3.96. The minimum atomic E-state index is -1.19. The number of aliphatic hydroxyl groups is 1. The Hall–Kier alpha value is -2.01. The highest BCUT2D eigenvalue weighted by Crippen LogP contribution is 2.44. The van der Waals surface area contributed by atoms with Gasteiger partial charge in [-0.25, -0.2) is 14.8 Å². The van der Waals surface area contributed by atoms with Crippen molar-refractivity contribution in [1.29, 1.82) is 0 Å². The van der Waals surface area contributed by atoms with Crippen LogP contribution in [-0.2, 0) is 14.2 Å². The van der Waals surface area contributed by atoms with Gasteiger partial charge in [0.25, 0.3) is 0 Å². The molecule has 25 heavy (non-hydrogen) atoms. The molecule has 0 bridgehead atoms. The van der Waals surface area contributed by atoms with Crippen LogP contribution in [0.15, 0.2) is 11.3 Å². The monoisotopic (exact) mass is 354 g/mol. The Morgan fingerprint density at radius 2 is 2.12 bits per heavy atom. The van der Waals surface area contributed by atoms with Gasteiger partial charge in [-0.3, -0.25) is 4.57 Å². The fraction of sp³-hybridized carbons (Fsp3) is 0.667. The highest BCUT2D eigenvalue weighted by molar-refractivity contribution is 5.91.